The summed E-state index contributed by atoms with van der Waals surface area (Å²) in [5.74, 6) is -0.778. The number of nitriles is 2. The average molecular weight is 226 g/mol. The molecule has 0 atom stereocenters. The molecule has 1 heterocycles. The second-order valence-corrected chi connectivity index (χ2v) is 3.24. The Labute approximate surface area is 96.4 Å². The van der Waals surface area contributed by atoms with Gasteiger partial charge >= 0.3 is 0 Å². The van der Waals surface area contributed by atoms with E-state index in [0.29, 0.717) is 0 Å². The van der Waals surface area contributed by atoms with Crippen LogP contribution >= 0.6 is 0 Å². The minimum atomic E-state index is -0.557. The van der Waals surface area contributed by atoms with E-state index in [9.17, 15) is 10.2 Å². The van der Waals surface area contributed by atoms with Crippen molar-refractivity contribution in [2.45, 2.75) is 0 Å². The molecule has 0 aliphatic carbocycles. The van der Waals surface area contributed by atoms with Gasteiger partial charge in [0.25, 0.3) is 0 Å². The lowest BCUT2D eigenvalue weighted by atomic mass is 9.98. The van der Waals surface area contributed by atoms with Gasteiger partial charge in [-0.25, -0.2) is 0 Å². The van der Waals surface area contributed by atoms with E-state index in [1.165, 1.54) is 6.26 Å². The van der Waals surface area contributed by atoms with E-state index in [4.69, 9.17) is 14.9 Å². The van der Waals surface area contributed by atoms with Gasteiger partial charge in [0.05, 0.1) is 17.4 Å². The molecular weight excluding hydrogens is 220 g/mol. The number of benzene rings is 1. The van der Waals surface area contributed by atoms with Crippen LogP contribution in [0.5, 0.6) is 11.5 Å². The quantitative estimate of drug-likeness (QED) is 0.725. The fraction of sp³-hybridized carbons (Fsp3) is 0. The van der Waals surface area contributed by atoms with Gasteiger partial charge in [0, 0.05) is 6.07 Å². The van der Waals surface area contributed by atoms with Crippen LogP contribution in [-0.4, -0.2) is 10.2 Å². The number of rotatable bonds is 1. The molecule has 0 bridgehead atoms. The highest BCUT2D eigenvalue weighted by Crippen LogP contribution is 2.38. The van der Waals surface area contributed by atoms with Gasteiger partial charge < -0.3 is 14.6 Å². The van der Waals surface area contributed by atoms with E-state index >= 15 is 0 Å². The predicted molar refractivity (Wildman–Crippen MR) is 56.9 cm³/mol. The smallest absolute Gasteiger partial charge is 0.176 e. The van der Waals surface area contributed by atoms with Crippen LogP contribution in [0.4, 0.5) is 0 Å². The van der Waals surface area contributed by atoms with Crippen molar-refractivity contribution in [2.75, 3.05) is 0 Å². The Kier molecular flexibility index (Phi) is 2.44. The third-order valence-electron chi connectivity index (χ3n) is 2.28. The van der Waals surface area contributed by atoms with E-state index < -0.39 is 11.5 Å². The van der Waals surface area contributed by atoms with Crippen LogP contribution < -0.4 is 0 Å². The summed E-state index contributed by atoms with van der Waals surface area (Å²) in [4.78, 5) is 0. The third kappa shape index (κ3) is 1.56. The fourth-order valence-electron chi connectivity index (χ4n) is 1.53. The van der Waals surface area contributed by atoms with Gasteiger partial charge in [0.15, 0.2) is 11.5 Å². The number of phenols is 2. The van der Waals surface area contributed by atoms with Crippen molar-refractivity contribution >= 4 is 0 Å². The van der Waals surface area contributed by atoms with Gasteiger partial charge in [-0.3, -0.25) is 0 Å². The fourth-order valence-corrected chi connectivity index (χ4v) is 1.53. The first-order chi connectivity index (χ1) is 8.19. The number of phenolic OH excluding ortho intramolecular Hbond substituents is 2. The lowest BCUT2D eigenvalue weighted by Crippen LogP contribution is -1.90. The predicted octanol–water partition coefficient (Wildman–Crippen LogP) is 2.10. The van der Waals surface area contributed by atoms with Crippen molar-refractivity contribution in [3.63, 3.8) is 0 Å². The molecule has 0 saturated heterocycles. The topological polar surface area (TPSA) is 101 Å². The molecule has 2 aromatic rings. The zero-order chi connectivity index (χ0) is 12.4. The molecular formula is C12H6N2O3. The summed E-state index contributed by atoms with van der Waals surface area (Å²) in [6.45, 7) is 0. The molecule has 0 spiro atoms. The SMILES string of the molecule is N#Cc1cc(O)c(O)c(C#N)c1-c1ccco1. The van der Waals surface area contributed by atoms with Crippen LogP contribution in [0.25, 0.3) is 11.3 Å². The van der Waals surface area contributed by atoms with Crippen molar-refractivity contribution in [1.29, 1.82) is 10.5 Å². The highest BCUT2D eigenvalue weighted by atomic mass is 16.3. The third-order valence-corrected chi connectivity index (χ3v) is 2.28. The molecule has 82 valence electrons. The van der Waals surface area contributed by atoms with E-state index in [0.717, 1.165) is 6.07 Å². The number of hydrogen-bond donors (Lipinski definition) is 2. The Bertz CT molecular complexity index is 646. The highest BCUT2D eigenvalue weighted by Gasteiger charge is 2.20. The molecule has 0 aliphatic heterocycles. The summed E-state index contributed by atoms with van der Waals surface area (Å²) < 4.78 is 5.10. The number of nitrogens with zero attached hydrogens (tertiary/aromatic N) is 2. The Morgan fingerprint density at radius 1 is 1.18 bits per heavy atom. The van der Waals surface area contributed by atoms with Gasteiger partial charge in [0.2, 0.25) is 0 Å². The maximum Gasteiger partial charge on any atom is 0.176 e. The molecule has 1 aromatic heterocycles. The monoisotopic (exact) mass is 226 g/mol. The first-order valence-electron chi connectivity index (χ1n) is 4.62. The maximum absolute atomic E-state index is 9.57. The van der Waals surface area contributed by atoms with Crippen molar-refractivity contribution < 1.29 is 14.6 Å². The molecule has 0 saturated carbocycles. The van der Waals surface area contributed by atoms with Crippen LogP contribution in [-0.2, 0) is 0 Å². The van der Waals surface area contributed by atoms with Gasteiger partial charge in [-0.15, -0.1) is 0 Å². The molecule has 0 amide bonds. The molecule has 5 heteroatoms. The number of hydrogen-bond acceptors (Lipinski definition) is 5. The van der Waals surface area contributed by atoms with Crippen molar-refractivity contribution in [3.8, 4) is 35.0 Å². The molecule has 17 heavy (non-hydrogen) atoms. The van der Waals surface area contributed by atoms with E-state index in [1.54, 1.807) is 18.2 Å². The van der Waals surface area contributed by atoms with Gasteiger partial charge in [-0.1, -0.05) is 0 Å². The molecule has 0 aliphatic rings. The first kappa shape index (κ1) is 10.6. The first-order valence-corrected chi connectivity index (χ1v) is 4.62. The zero-order valence-electron chi connectivity index (χ0n) is 8.51. The summed E-state index contributed by atoms with van der Waals surface area (Å²) in [5, 5.41) is 36.9. The second-order valence-electron chi connectivity index (χ2n) is 3.24. The number of aromatic hydroxyl groups is 2. The van der Waals surface area contributed by atoms with Crippen molar-refractivity contribution in [2.24, 2.45) is 0 Å². The Balaban J connectivity index is 2.87. The lowest BCUT2D eigenvalue weighted by Gasteiger charge is -2.07. The van der Waals surface area contributed by atoms with Crippen LogP contribution in [0.1, 0.15) is 11.1 Å². The maximum atomic E-state index is 9.57. The lowest BCUT2D eigenvalue weighted by molar-refractivity contribution is 0.402. The van der Waals surface area contributed by atoms with Crippen molar-refractivity contribution in [1.82, 2.24) is 0 Å². The molecule has 0 radical (unpaired) electrons. The van der Waals surface area contributed by atoms with Gasteiger partial charge in [-0.2, -0.15) is 10.5 Å². The van der Waals surface area contributed by atoms with Crippen LogP contribution in [0.2, 0.25) is 0 Å². The molecule has 2 rings (SSSR count). The largest absolute Gasteiger partial charge is 0.504 e. The molecule has 0 unspecified atom stereocenters. The van der Waals surface area contributed by atoms with Crippen LogP contribution in [0, 0.1) is 22.7 Å². The normalized spacial score (nSPS) is 9.53. The summed E-state index contributed by atoms with van der Waals surface area (Å²) in [7, 11) is 0. The minimum Gasteiger partial charge on any atom is -0.504 e. The Hall–Kier alpha value is -2.92. The zero-order valence-corrected chi connectivity index (χ0v) is 8.51. The summed E-state index contributed by atoms with van der Waals surface area (Å²) >= 11 is 0. The van der Waals surface area contributed by atoms with Gasteiger partial charge in [-0.05, 0) is 12.1 Å². The average Bonchev–Trinajstić information content (AvgIpc) is 2.85. The van der Waals surface area contributed by atoms with Crippen LogP contribution in [0.15, 0.2) is 28.9 Å². The molecule has 2 N–H and O–H groups in total. The Morgan fingerprint density at radius 3 is 2.47 bits per heavy atom. The minimum absolute atomic E-state index is 0.0619. The van der Waals surface area contributed by atoms with Crippen LogP contribution in [0.3, 0.4) is 0 Å². The highest BCUT2D eigenvalue weighted by molar-refractivity contribution is 5.78. The standard InChI is InChI=1S/C12H6N2O3/c13-5-7-4-9(15)12(16)8(6-14)11(7)10-2-1-3-17-10/h1-4,15-16H. The summed E-state index contributed by atoms with van der Waals surface area (Å²) in [6, 6.07) is 7.84. The summed E-state index contributed by atoms with van der Waals surface area (Å²) in [6.07, 6.45) is 1.39. The molecule has 0 fully saturated rings. The number of furan rings is 1. The van der Waals surface area contributed by atoms with E-state index in [2.05, 4.69) is 0 Å². The molecule has 5 nitrogen and oxygen atoms in total. The van der Waals surface area contributed by atoms with Gasteiger partial charge in [0.1, 0.15) is 23.5 Å². The molecule has 1 aromatic carbocycles. The van der Waals surface area contributed by atoms with Crippen molar-refractivity contribution in [3.05, 3.63) is 35.6 Å². The Morgan fingerprint density at radius 2 is 1.94 bits per heavy atom. The van der Waals surface area contributed by atoms with E-state index in [-0.39, 0.29) is 22.5 Å². The van der Waals surface area contributed by atoms with E-state index in [1.807, 2.05) is 6.07 Å². The summed E-state index contributed by atoms with van der Waals surface area (Å²) in [5.41, 5.74) is 0.0543. The second kappa shape index (κ2) is 3.92.